The van der Waals surface area contributed by atoms with Gasteiger partial charge in [0.2, 0.25) is 0 Å². The van der Waals surface area contributed by atoms with Crippen molar-refractivity contribution in [2.24, 2.45) is 0 Å². The van der Waals surface area contributed by atoms with Gasteiger partial charge in [-0.05, 0) is 40.8 Å². The molecule has 128 valence electrons. The fraction of sp³-hybridized carbons (Fsp3) is 0.174. The van der Waals surface area contributed by atoms with Crippen molar-refractivity contribution < 1.29 is 4.21 Å². The van der Waals surface area contributed by atoms with Gasteiger partial charge < -0.3 is 0 Å². The summed E-state index contributed by atoms with van der Waals surface area (Å²) in [5, 5.41) is 4.36. The van der Waals surface area contributed by atoms with Crippen LogP contribution in [0.25, 0.3) is 16.8 Å². The molecule has 0 bridgehead atoms. The summed E-state index contributed by atoms with van der Waals surface area (Å²) in [6.07, 6.45) is 3.98. The molecule has 2 heteroatoms. The highest BCUT2D eigenvalue weighted by Crippen LogP contribution is 2.30. The summed E-state index contributed by atoms with van der Waals surface area (Å²) in [5.74, 6) is 0. The standard InChI is InChI=1S/C16H16OS.C7H8/c1-12(2)18(17)9-5-8-15-10-13-6-3-4-7-14(13)11-16(15)18;1-7-5-3-2-4-6-7/h3-12H,1-2H3;2-6H,1H3. The van der Waals surface area contributed by atoms with E-state index < -0.39 is 9.52 Å². The molecular weight excluding hydrogens is 324 g/mol. The number of hydrogen-bond donors (Lipinski definition) is 0. The molecule has 0 spiro atoms. The van der Waals surface area contributed by atoms with Crippen molar-refractivity contribution in [1.29, 1.82) is 0 Å². The summed E-state index contributed by atoms with van der Waals surface area (Å²) >= 11 is 0. The van der Waals surface area contributed by atoms with Crippen molar-refractivity contribution >= 4 is 31.7 Å². The average Bonchev–Trinajstić information content (AvgIpc) is 2.62. The predicted molar refractivity (Wildman–Crippen MR) is 112 cm³/mol. The first-order valence-electron chi connectivity index (χ1n) is 8.59. The number of rotatable bonds is 1. The van der Waals surface area contributed by atoms with Crippen LogP contribution < -0.4 is 0 Å². The Morgan fingerprint density at radius 2 is 1.44 bits per heavy atom. The van der Waals surface area contributed by atoms with Gasteiger partial charge in [-0.25, -0.2) is 0 Å². The second kappa shape index (κ2) is 7.28. The molecule has 3 aromatic carbocycles. The fourth-order valence-electron chi connectivity index (χ4n) is 2.92. The van der Waals surface area contributed by atoms with Gasteiger partial charge in [-0.15, -0.1) is 0 Å². The first-order valence-corrected chi connectivity index (χ1v) is 10.3. The van der Waals surface area contributed by atoms with E-state index in [0.29, 0.717) is 0 Å². The topological polar surface area (TPSA) is 17.1 Å². The molecule has 0 saturated heterocycles. The second-order valence-corrected chi connectivity index (χ2v) is 9.53. The third kappa shape index (κ3) is 3.69. The Morgan fingerprint density at radius 3 is 2.00 bits per heavy atom. The summed E-state index contributed by atoms with van der Waals surface area (Å²) in [6, 6.07) is 22.7. The van der Waals surface area contributed by atoms with Crippen molar-refractivity contribution in [3.05, 3.63) is 83.9 Å². The largest absolute Gasteiger partial charge is 0.262 e. The van der Waals surface area contributed by atoms with Gasteiger partial charge in [0.1, 0.15) is 0 Å². The van der Waals surface area contributed by atoms with Crippen LogP contribution in [-0.4, -0.2) is 14.8 Å². The van der Waals surface area contributed by atoms with Crippen molar-refractivity contribution in [2.45, 2.75) is 30.9 Å². The van der Waals surface area contributed by atoms with E-state index in [9.17, 15) is 4.21 Å². The number of hydrogen-bond acceptors (Lipinski definition) is 1. The number of allylic oxidation sites excluding steroid dienone is 1. The Kier molecular flexibility index (Phi) is 5.10. The lowest BCUT2D eigenvalue weighted by molar-refractivity contribution is 0.674. The minimum absolute atomic E-state index is 0.127. The molecule has 0 N–H and O–H groups in total. The molecule has 3 aromatic rings. The summed E-state index contributed by atoms with van der Waals surface area (Å²) in [4.78, 5) is 0.985. The Balaban J connectivity index is 0.000000219. The maximum absolute atomic E-state index is 13.1. The molecule has 0 saturated carbocycles. The predicted octanol–water partition coefficient (Wildman–Crippen LogP) is 5.72. The van der Waals surface area contributed by atoms with Gasteiger partial charge in [0.05, 0.1) is 0 Å². The van der Waals surface area contributed by atoms with E-state index in [4.69, 9.17) is 0 Å². The van der Waals surface area contributed by atoms with E-state index in [1.54, 1.807) is 0 Å². The minimum Gasteiger partial charge on any atom is -0.262 e. The molecular formula is C23H24OS. The van der Waals surface area contributed by atoms with Gasteiger partial charge in [-0.3, -0.25) is 4.21 Å². The normalized spacial score (nSPS) is 18.2. The lowest BCUT2D eigenvalue weighted by Gasteiger charge is -2.20. The zero-order valence-corrected chi connectivity index (χ0v) is 15.8. The molecule has 0 aliphatic carbocycles. The van der Waals surface area contributed by atoms with Crippen LogP contribution >= 0.6 is 0 Å². The maximum atomic E-state index is 13.1. The highest BCUT2D eigenvalue weighted by Gasteiger charge is 2.20. The molecule has 0 aromatic heterocycles. The lowest BCUT2D eigenvalue weighted by Crippen LogP contribution is -2.19. The second-order valence-electron chi connectivity index (χ2n) is 6.58. The van der Waals surface area contributed by atoms with E-state index in [-0.39, 0.29) is 5.25 Å². The van der Waals surface area contributed by atoms with Crippen LogP contribution in [-0.2, 0) is 9.52 Å². The molecule has 1 unspecified atom stereocenters. The van der Waals surface area contributed by atoms with Crippen molar-refractivity contribution in [2.75, 3.05) is 0 Å². The number of fused-ring (bicyclic) bond motifs is 2. The Labute approximate surface area is 151 Å². The number of aryl methyl sites for hydroxylation is 1. The van der Waals surface area contributed by atoms with E-state index in [1.807, 2.05) is 61.7 Å². The van der Waals surface area contributed by atoms with Crippen LogP contribution in [0.1, 0.15) is 25.0 Å². The average molecular weight is 349 g/mol. The van der Waals surface area contributed by atoms with Crippen molar-refractivity contribution in [3.63, 3.8) is 0 Å². The summed E-state index contributed by atoms with van der Waals surface area (Å²) in [7, 11) is -2.07. The van der Waals surface area contributed by atoms with Crippen LogP contribution in [0.3, 0.4) is 0 Å². The molecule has 0 radical (unpaired) electrons. The minimum atomic E-state index is -2.07. The monoisotopic (exact) mass is 348 g/mol. The molecule has 1 aliphatic heterocycles. The molecule has 1 aliphatic rings. The molecule has 1 nitrogen and oxygen atoms in total. The van der Waals surface area contributed by atoms with Crippen molar-refractivity contribution in [3.8, 4) is 0 Å². The quantitative estimate of drug-likeness (QED) is 0.514. The summed E-state index contributed by atoms with van der Waals surface area (Å²) in [5.41, 5.74) is 2.41. The Morgan fingerprint density at radius 1 is 0.840 bits per heavy atom. The third-order valence-corrected chi connectivity index (χ3v) is 7.42. The molecule has 4 rings (SSSR count). The fourth-order valence-corrected chi connectivity index (χ4v) is 5.01. The zero-order chi connectivity index (χ0) is 17.9. The van der Waals surface area contributed by atoms with Crippen LogP contribution in [0.2, 0.25) is 0 Å². The third-order valence-electron chi connectivity index (χ3n) is 4.42. The van der Waals surface area contributed by atoms with Gasteiger partial charge >= 0.3 is 0 Å². The van der Waals surface area contributed by atoms with Gasteiger partial charge in [-0.2, -0.15) is 0 Å². The number of benzene rings is 3. The van der Waals surface area contributed by atoms with E-state index >= 15 is 0 Å². The Hall–Kier alpha value is -2.32. The molecule has 1 heterocycles. The molecule has 1 atom stereocenters. The van der Waals surface area contributed by atoms with Crippen LogP contribution in [0, 0.1) is 6.92 Å². The lowest BCUT2D eigenvalue weighted by atomic mass is 10.1. The van der Waals surface area contributed by atoms with Gasteiger partial charge in [-0.1, -0.05) is 86.2 Å². The van der Waals surface area contributed by atoms with Gasteiger partial charge in [0, 0.05) is 19.7 Å². The smallest absolute Gasteiger partial charge is 0.0392 e. The SMILES string of the molecule is CC(C)S1(=O)=CC=Cc2cc3ccccc3cc21.Cc1ccccc1. The van der Waals surface area contributed by atoms with Crippen LogP contribution in [0.4, 0.5) is 0 Å². The summed E-state index contributed by atoms with van der Waals surface area (Å²) < 4.78 is 13.1. The highest BCUT2D eigenvalue weighted by atomic mass is 32.2. The zero-order valence-electron chi connectivity index (χ0n) is 15.0. The van der Waals surface area contributed by atoms with Crippen LogP contribution in [0.5, 0.6) is 0 Å². The molecule has 0 fully saturated rings. The molecule has 0 amide bonds. The van der Waals surface area contributed by atoms with Crippen LogP contribution in [0.15, 0.2) is 77.7 Å². The van der Waals surface area contributed by atoms with E-state index in [1.165, 1.54) is 10.9 Å². The van der Waals surface area contributed by atoms with Gasteiger partial charge in [0.15, 0.2) is 0 Å². The Bertz CT molecular complexity index is 1020. The summed E-state index contributed by atoms with van der Waals surface area (Å²) in [6.45, 7) is 6.13. The van der Waals surface area contributed by atoms with E-state index in [2.05, 4.69) is 43.3 Å². The molecule has 25 heavy (non-hydrogen) atoms. The van der Waals surface area contributed by atoms with Crippen molar-refractivity contribution in [1.82, 2.24) is 0 Å². The van der Waals surface area contributed by atoms with Gasteiger partial charge in [0.25, 0.3) is 0 Å². The maximum Gasteiger partial charge on any atom is 0.0392 e. The highest BCUT2D eigenvalue weighted by molar-refractivity contribution is 8.02. The first kappa shape index (κ1) is 17.5. The first-order chi connectivity index (χ1) is 12.0. The van der Waals surface area contributed by atoms with E-state index in [0.717, 1.165) is 15.8 Å².